The van der Waals surface area contributed by atoms with Gasteiger partial charge in [-0.3, -0.25) is 0 Å². The summed E-state index contributed by atoms with van der Waals surface area (Å²) in [6.07, 6.45) is 3.19. The molecule has 0 aromatic heterocycles. The van der Waals surface area contributed by atoms with Crippen LogP contribution in [0.2, 0.25) is 0 Å². The molecule has 2 aliphatic rings. The van der Waals surface area contributed by atoms with Gasteiger partial charge in [0.25, 0.3) is 0 Å². The predicted octanol–water partition coefficient (Wildman–Crippen LogP) is 0.225. The van der Waals surface area contributed by atoms with Crippen molar-refractivity contribution in [2.45, 2.75) is 49.9 Å². The van der Waals surface area contributed by atoms with Gasteiger partial charge >= 0.3 is 0 Å². The summed E-state index contributed by atoms with van der Waals surface area (Å²) in [6.45, 7) is 4.14. The molecule has 0 spiro atoms. The SMILES string of the molecule is CC1NCCCC1NS(=O)(=O)C1CCOCC1. The van der Waals surface area contributed by atoms with Crippen LogP contribution in [0.4, 0.5) is 0 Å². The Morgan fingerprint density at radius 3 is 2.59 bits per heavy atom. The highest BCUT2D eigenvalue weighted by Gasteiger charge is 2.32. The van der Waals surface area contributed by atoms with Crippen LogP contribution in [0.5, 0.6) is 0 Å². The van der Waals surface area contributed by atoms with Gasteiger partial charge in [-0.1, -0.05) is 0 Å². The molecule has 2 atom stereocenters. The quantitative estimate of drug-likeness (QED) is 0.764. The van der Waals surface area contributed by atoms with E-state index in [1.54, 1.807) is 0 Å². The molecule has 17 heavy (non-hydrogen) atoms. The zero-order chi connectivity index (χ0) is 12.3. The number of rotatable bonds is 3. The molecule has 0 amide bonds. The summed E-state index contributed by atoms with van der Waals surface area (Å²) in [6, 6.07) is 0.259. The Morgan fingerprint density at radius 2 is 1.94 bits per heavy atom. The van der Waals surface area contributed by atoms with Crippen LogP contribution in [0.25, 0.3) is 0 Å². The molecule has 2 unspecified atom stereocenters. The van der Waals surface area contributed by atoms with Crippen LogP contribution in [0.3, 0.4) is 0 Å². The van der Waals surface area contributed by atoms with Gasteiger partial charge in [0.15, 0.2) is 0 Å². The van der Waals surface area contributed by atoms with Gasteiger partial charge in [-0.05, 0) is 39.2 Å². The predicted molar refractivity (Wildman–Crippen MR) is 66.4 cm³/mol. The average Bonchev–Trinajstić information content (AvgIpc) is 2.33. The lowest BCUT2D eigenvalue weighted by Crippen LogP contribution is -2.54. The van der Waals surface area contributed by atoms with Crippen molar-refractivity contribution in [1.29, 1.82) is 0 Å². The summed E-state index contributed by atoms with van der Waals surface area (Å²) < 4.78 is 32.5. The summed E-state index contributed by atoms with van der Waals surface area (Å²) >= 11 is 0. The van der Waals surface area contributed by atoms with Crippen LogP contribution < -0.4 is 10.0 Å². The Morgan fingerprint density at radius 1 is 1.24 bits per heavy atom. The molecule has 2 N–H and O–H groups in total. The lowest BCUT2D eigenvalue weighted by Gasteiger charge is -2.32. The fourth-order valence-corrected chi connectivity index (χ4v) is 4.25. The van der Waals surface area contributed by atoms with Crippen LogP contribution in [0, 0.1) is 0 Å². The number of nitrogens with one attached hydrogen (secondary N) is 2. The van der Waals surface area contributed by atoms with Crippen molar-refractivity contribution in [3.8, 4) is 0 Å². The van der Waals surface area contributed by atoms with Crippen molar-refractivity contribution in [3.63, 3.8) is 0 Å². The molecule has 2 aliphatic heterocycles. The van der Waals surface area contributed by atoms with Gasteiger partial charge in [0.2, 0.25) is 10.0 Å². The smallest absolute Gasteiger partial charge is 0.214 e. The molecule has 0 radical (unpaired) electrons. The topological polar surface area (TPSA) is 67.4 Å². The molecule has 100 valence electrons. The number of hydrogen-bond donors (Lipinski definition) is 2. The molecule has 0 aromatic carbocycles. The lowest BCUT2D eigenvalue weighted by atomic mass is 10.0. The molecular formula is C11H22N2O3S. The zero-order valence-electron chi connectivity index (χ0n) is 10.3. The summed E-state index contributed by atoms with van der Waals surface area (Å²) in [7, 11) is -3.19. The van der Waals surface area contributed by atoms with E-state index in [1.165, 1.54) is 0 Å². The number of sulfonamides is 1. The molecule has 2 saturated heterocycles. The van der Waals surface area contributed by atoms with Crippen molar-refractivity contribution in [3.05, 3.63) is 0 Å². The van der Waals surface area contributed by atoms with Crippen molar-refractivity contribution >= 4 is 10.0 Å². The maximum absolute atomic E-state index is 12.2. The minimum Gasteiger partial charge on any atom is -0.381 e. The maximum Gasteiger partial charge on any atom is 0.214 e. The number of hydrogen-bond acceptors (Lipinski definition) is 4. The van der Waals surface area contributed by atoms with E-state index in [9.17, 15) is 8.42 Å². The summed E-state index contributed by atoms with van der Waals surface area (Å²) in [5.41, 5.74) is 0. The number of ether oxygens (including phenoxy) is 1. The molecule has 0 saturated carbocycles. The molecule has 0 bridgehead atoms. The Balaban J connectivity index is 1.95. The highest BCUT2D eigenvalue weighted by molar-refractivity contribution is 7.90. The fraction of sp³-hybridized carbons (Fsp3) is 1.00. The van der Waals surface area contributed by atoms with E-state index in [2.05, 4.69) is 10.0 Å². The van der Waals surface area contributed by atoms with E-state index >= 15 is 0 Å². The second kappa shape index (κ2) is 5.65. The van der Waals surface area contributed by atoms with Gasteiger partial charge in [0, 0.05) is 25.3 Å². The Labute approximate surface area is 103 Å². The van der Waals surface area contributed by atoms with Gasteiger partial charge in [-0.25, -0.2) is 13.1 Å². The highest BCUT2D eigenvalue weighted by atomic mass is 32.2. The molecule has 2 rings (SSSR count). The fourth-order valence-electron chi connectivity index (χ4n) is 2.50. The molecular weight excluding hydrogens is 240 g/mol. The Kier molecular flexibility index (Phi) is 4.41. The summed E-state index contributed by atoms with van der Waals surface area (Å²) in [5.74, 6) is 0. The van der Waals surface area contributed by atoms with Crippen LogP contribution in [-0.2, 0) is 14.8 Å². The molecule has 2 heterocycles. The largest absolute Gasteiger partial charge is 0.381 e. The first-order valence-electron chi connectivity index (χ1n) is 6.42. The monoisotopic (exact) mass is 262 g/mol. The summed E-state index contributed by atoms with van der Waals surface area (Å²) in [5, 5.41) is 3.03. The molecule has 6 heteroatoms. The van der Waals surface area contributed by atoms with Gasteiger partial charge in [-0.2, -0.15) is 0 Å². The second-order valence-electron chi connectivity index (χ2n) is 4.97. The molecule has 0 aromatic rings. The van der Waals surface area contributed by atoms with Crippen LogP contribution in [0.1, 0.15) is 32.6 Å². The third-order valence-corrected chi connectivity index (χ3v) is 5.66. The normalized spacial score (nSPS) is 32.5. The highest BCUT2D eigenvalue weighted by Crippen LogP contribution is 2.17. The third-order valence-electron chi connectivity index (χ3n) is 3.68. The molecule has 5 nitrogen and oxygen atoms in total. The van der Waals surface area contributed by atoms with Gasteiger partial charge in [-0.15, -0.1) is 0 Å². The van der Waals surface area contributed by atoms with Crippen LogP contribution in [-0.4, -0.2) is 45.5 Å². The van der Waals surface area contributed by atoms with E-state index in [0.29, 0.717) is 26.1 Å². The van der Waals surface area contributed by atoms with Gasteiger partial charge in [0.05, 0.1) is 5.25 Å². The Hall–Kier alpha value is -0.170. The first-order chi connectivity index (χ1) is 8.09. The van der Waals surface area contributed by atoms with Crippen LogP contribution >= 0.6 is 0 Å². The first-order valence-corrected chi connectivity index (χ1v) is 7.96. The minimum atomic E-state index is -3.19. The summed E-state index contributed by atoms with van der Waals surface area (Å²) in [4.78, 5) is 0. The second-order valence-corrected chi connectivity index (χ2v) is 6.96. The van der Waals surface area contributed by atoms with E-state index in [-0.39, 0.29) is 17.3 Å². The van der Waals surface area contributed by atoms with E-state index in [4.69, 9.17) is 4.74 Å². The Bertz CT molecular complexity index is 339. The van der Waals surface area contributed by atoms with E-state index < -0.39 is 10.0 Å². The minimum absolute atomic E-state index is 0.0385. The molecule has 0 aliphatic carbocycles. The van der Waals surface area contributed by atoms with Gasteiger partial charge in [0.1, 0.15) is 0 Å². The zero-order valence-corrected chi connectivity index (χ0v) is 11.1. The first kappa shape index (κ1) is 13.3. The van der Waals surface area contributed by atoms with Crippen molar-refractivity contribution < 1.29 is 13.2 Å². The third kappa shape index (κ3) is 3.40. The molecule has 2 fully saturated rings. The standard InChI is InChI=1S/C11H22N2O3S/c1-9-11(3-2-6-12-9)13-17(14,15)10-4-7-16-8-5-10/h9-13H,2-8H2,1H3. The lowest BCUT2D eigenvalue weighted by molar-refractivity contribution is 0.0980. The maximum atomic E-state index is 12.2. The number of piperidine rings is 1. The van der Waals surface area contributed by atoms with E-state index in [0.717, 1.165) is 19.4 Å². The van der Waals surface area contributed by atoms with Crippen molar-refractivity contribution in [2.75, 3.05) is 19.8 Å². The van der Waals surface area contributed by atoms with E-state index in [1.807, 2.05) is 6.92 Å². The average molecular weight is 262 g/mol. The van der Waals surface area contributed by atoms with Gasteiger partial charge < -0.3 is 10.1 Å². The van der Waals surface area contributed by atoms with Crippen molar-refractivity contribution in [2.24, 2.45) is 0 Å². The van der Waals surface area contributed by atoms with Crippen LogP contribution in [0.15, 0.2) is 0 Å². The van der Waals surface area contributed by atoms with Crippen molar-refractivity contribution in [1.82, 2.24) is 10.0 Å².